The van der Waals surface area contributed by atoms with Crippen molar-refractivity contribution in [2.24, 2.45) is 5.16 Å². The summed E-state index contributed by atoms with van der Waals surface area (Å²) in [6, 6.07) is 7.01. The summed E-state index contributed by atoms with van der Waals surface area (Å²) in [5.41, 5.74) is 1.56. The Labute approximate surface area is 87.0 Å². The van der Waals surface area contributed by atoms with E-state index in [0.717, 1.165) is 12.0 Å². The maximum absolute atomic E-state index is 11.4. The van der Waals surface area contributed by atoms with Crippen LogP contribution < -0.4 is 0 Å². The molecule has 0 aliphatic rings. The Morgan fingerprint density at radius 2 is 2.00 bits per heavy atom. The molecule has 0 unspecified atom stereocenters. The fraction of sp³-hybridized carbons (Fsp3) is 0.200. The molecule has 0 bridgehead atoms. The van der Waals surface area contributed by atoms with Gasteiger partial charge in [-0.1, -0.05) is 47.9 Å². The van der Waals surface area contributed by atoms with Crippen LogP contribution in [0.3, 0.4) is 0 Å². The molecule has 1 aromatic carbocycles. The minimum absolute atomic E-state index is 0.421. The molecule has 1 rings (SSSR count). The van der Waals surface area contributed by atoms with Crippen molar-refractivity contribution in [1.82, 2.24) is 0 Å². The van der Waals surface area contributed by atoms with Crippen LogP contribution in [0.25, 0.3) is 0 Å². The van der Waals surface area contributed by atoms with Gasteiger partial charge < -0.3 is 5.21 Å². The summed E-state index contributed by atoms with van der Waals surface area (Å²) in [5, 5.41) is 10.5. The van der Waals surface area contributed by atoms with Gasteiger partial charge in [-0.3, -0.25) is 4.79 Å². The van der Waals surface area contributed by atoms with Crippen LogP contribution >= 0.6 is 11.6 Å². The van der Waals surface area contributed by atoms with E-state index in [1.807, 2.05) is 19.1 Å². The lowest BCUT2D eigenvalue weighted by Crippen LogP contribution is -2.07. The number of rotatable bonds is 3. The van der Waals surface area contributed by atoms with Gasteiger partial charge >= 0.3 is 0 Å². The van der Waals surface area contributed by atoms with Crippen LogP contribution in [-0.4, -0.2) is 16.2 Å². The zero-order valence-corrected chi connectivity index (χ0v) is 8.45. The van der Waals surface area contributed by atoms with Gasteiger partial charge in [-0.2, -0.15) is 0 Å². The molecule has 1 N–H and O–H groups in total. The lowest BCUT2D eigenvalue weighted by molar-refractivity contribution is 0.106. The minimum atomic E-state index is -0.475. The number of oxime groups is 1. The fourth-order valence-electron chi connectivity index (χ4n) is 1.06. The molecule has 1 aromatic rings. The molecular weight excluding hydrogens is 202 g/mol. The summed E-state index contributed by atoms with van der Waals surface area (Å²) in [5.74, 6) is -0.475. The molecule has 0 aliphatic heterocycles. The molecule has 74 valence electrons. The van der Waals surface area contributed by atoms with E-state index in [9.17, 15) is 4.79 Å². The summed E-state index contributed by atoms with van der Waals surface area (Å²) < 4.78 is 0. The Bertz CT molecular complexity index is 357. The van der Waals surface area contributed by atoms with Crippen molar-refractivity contribution < 1.29 is 10.0 Å². The van der Waals surface area contributed by atoms with Crippen LogP contribution in [0.5, 0.6) is 0 Å². The molecule has 0 fully saturated rings. The van der Waals surface area contributed by atoms with Crippen LogP contribution in [-0.2, 0) is 6.42 Å². The number of nitrogens with zero attached hydrogens (tertiary/aromatic N) is 1. The second-order valence-corrected chi connectivity index (χ2v) is 3.13. The number of hydrogen-bond acceptors (Lipinski definition) is 3. The Morgan fingerprint density at radius 3 is 2.43 bits per heavy atom. The molecule has 0 amide bonds. The smallest absolute Gasteiger partial charge is 0.226 e. The summed E-state index contributed by atoms with van der Waals surface area (Å²) in [7, 11) is 0. The van der Waals surface area contributed by atoms with Gasteiger partial charge in [0.2, 0.25) is 11.0 Å². The number of carbonyl (C=O) groups is 1. The summed E-state index contributed by atoms with van der Waals surface area (Å²) in [6.45, 7) is 2.03. The molecule has 0 aliphatic carbocycles. The molecule has 4 heteroatoms. The highest BCUT2D eigenvalue weighted by atomic mass is 35.5. The third-order valence-corrected chi connectivity index (χ3v) is 2.15. The summed E-state index contributed by atoms with van der Waals surface area (Å²) >= 11 is 5.37. The molecule has 0 spiro atoms. The van der Waals surface area contributed by atoms with Gasteiger partial charge in [0, 0.05) is 5.56 Å². The number of Topliss-reactive ketones (excluding diaryl/α,β-unsaturated/α-hetero) is 1. The molecular formula is C10H10ClNO2. The van der Waals surface area contributed by atoms with E-state index in [0.29, 0.717) is 5.56 Å². The molecule has 3 nitrogen and oxygen atoms in total. The van der Waals surface area contributed by atoms with Gasteiger partial charge in [0.05, 0.1) is 0 Å². The maximum atomic E-state index is 11.4. The number of hydrogen-bond donors (Lipinski definition) is 1. The summed E-state index contributed by atoms with van der Waals surface area (Å²) in [6.07, 6.45) is 0.913. The van der Waals surface area contributed by atoms with Gasteiger partial charge in [0.25, 0.3) is 0 Å². The highest BCUT2D eigenvalue weighted by Crippen LogP contribution is 2.07. The first-order valence-electron chi connectivity index (χ1n) is 4.20. The SMILES string of the molecule is CCc1ccc(C(=O)/C(Cl)=N\O)cc1. The van der Waals surface area contributed by atoms with Crippen molar-refractivity contribution in [3.05, 3.63) is 35.4 Å². The van der Waals surface area contributed by atoms with Crippen molar-refractivity contribution >= 4 is 22.6 Å². The Morgan fingerprint density at radius 1 is 1.43 bits per heavy atom. The zero-order chi connectivity index (χ0) is 10.6. The zero-order valence-electron chi connectivity index (χ0n) is 7.70. The average molecular weight is 212 g/mol. The number of ketones is 1. The minimum Gasteiger partial charge on any atom is -0.410 e. The maximum Gasteiger partial charge on any atom is 0.226 e. The molecule has 0 radical (unpaired) electrons. The molecule has 0 aromatic heterocycles. The van der Waals surface area contributed by atoms with Crippen LogP contribution in [0.2, 0.25) is 0 Å². The standard InChI is InChI=1S/C10H10ClNO2/c1-2-7-3-5-8(6-4-7)9(13)10(11)12-14/h3-6,14H,2H2,1H3/b12-10+. The van der Waals surface area contributed by atoms with E-state index >= 15 is 0 Å². The van der Waals surface area contributed by atoms with Crippen LogP contribution in [0.1, 0.15) is 22.8 Å². The van der Waals surface area contributed by atoms with Gasteiger partial charge in [-0.15, -0.1) is 0 Å². The first-order chi connectivity index (χ1) is 6.69. The number of benzene rings is 1. The molecule has 0 atom stereocenters. The largest absolute Gasteiger partial charge is 0.410 e. The van der Waals surface area contributed by atoms with E-state index in [4.69, 9.17) is 16.8 Å². The van der Waals surface area contributed by atoms with Gasteiger partial charge in [0.15, 0.2) is 0 Å². The average Bonchev–Trinajstić information content (AvgIpc) is 2.27. The van der Waals surface area contributed by atoms with Gasteiger partial charge in [0.1, 0.15) is 0 Å². The van der Waals surface area contributed by atoms with E-state index in [2.05, 4.69) is 5.16 Å². The van der Waals surface area contributed by atoms with Gasteiger partial charge in [-0.05, 0) is 12.0 Å². The number of aryl methyl sites for hydroxylation is 1. The monoisotopic (exact) mass is 211 g/mol. The molecule has 0 heterocycles. The molecule has 0 saturated heterocycles. The second-order valence-electron chi connectivity index (χ2n) is 2.77. The molecule has 14 heavy (non-hydrogen) atoms. The third-order valence-electron chi connectivity index (χ3n) is 1.90. The number of carbonyl (C=O) groups excluding carboxylic acids is 1. The van der Waals surface area contributed by atoms with Crippen LogP contribution in [0.15, 0.2) is 29.4 Å². The fourth-order valence-corrected chi connectivity index (χ4v) is 1.17. The highest BCUT2D eigenvalue weighted by molar-refractivity contribution is 6.84. The Balaban J connectivity index is 2.92. The van der Waals surface area contributed by atoms with Crippen molar-refractivity contribution in [2.45, 2.75) is 13.3 Å². The predicted octanol–water partition coefficient (Wildman–Crippen LogP) is 2.46. The lowest BCUT2D eigenvalue weighted by atomic mass is 10.1. The number of halogens is 1. The first kappa shape index (κ1) is 10.7. The van der Waals surface area contributed by atoms with E-state index in [1.165, 1.54) is 0 Å². The third kappa shape index (κ3) is 2.33. The lowest BCUT2D eigenvalue weighted by Gasteiger charge is -1.99. The van der Waals surface area contributed by atoms with Crippen LogP contribution in [0.4, 0.5) is 0 Å². The Hall–Kier alpha value is -1.35. The van der Waals surface area contributed by atoms with E-state index in [1.54, 1.807) is 12.1 Å². The van der Waals surface area contributed by atoms with E-state index in [-0.39, 0.29) is 0 Å². The summed E-state index contributed by atoms with van der Waals surface area (Å²) in [4.78, 5) is 11.4. The van der Waals surface area contributed by atoms with Crippen molar-refractivity contribution in [1.29, 1.82) is 0 Å². The van der Waals surface area contributed by atoms with Crippen molar-refractivity contribution in [3.63, 3.8) is 0 Å². The highest BCUT2D eigenvalue weighted by Gasteiger charge is 2.11. The van der Waals surface area contributed by atoms with Crippen molar-refractivity contribution in [2.75, 3.05) is 0 Å². The topological polar surface area (TPSA) is 49.7 Å². The van der Waals surface area contributed by atoms with Crippen molar-refractivity contribution in [3.8, 4) is 0 Å². The second kappa shape index (κ2) is 4.77. The Kier molecular flexibility index (Phi) is 3.65. The van der Waals surface area contributed by atoms with E-state index < -0.39 is 11.0 Å². The van der Waals surface area contributed by atoms with Crippen LogP contribution in [0, 0.1) is 0 Å². The first-order valence-corrected chi connectivity index (χ1v) is 4.58. The predicted molar refractivity (Wildman–Crippen MR) is 55.2 cm³/mol. The quantitative estimate of drug-likeness (QED) is 0.361. The normalized spacial score (nSPS) is 11.4. The van der Waals surface area contributed by atoms with Gasteiger partial charge in [-0.25, -0.2) is 0 Å². The molecule has 0 saturated carbocycles.